The fourth-order valence-corrected chi connectivity index (χ4v) is 0.553. The molecular formula is C7H6N2O3. The third-order valence-corrected chi connectivity index (χ3v) is 1.37. The molecule has 0 aromatic rings. The number of nitrogens with zero attached hydrogens (tertiary/aromatic N) is 2. The lowest BCUT2D eigenvalue weighted by molar-refractivity contribution is -0.150. The molecule has 0 spiro atoms. The van der Waals surface area contributed by atoms with Gasteiger partial charge in [-0.2, -0.15) is 10.5 Å². The Bertz CT molecular complexity index is 249. The van der Waals surface area contributed by atoms with Crippen LogP contribution in [0, 0.1) is 28.6 Å². The number of carbonyl (C=O) groups excluding carboxylic acids is 2. The van der Waals surface area contributed by atoms with Crippen LogP contribution >= 0.6 is 0 Å². The molecule has 0 fully saturated rings. The molecule has 1 atom stereocenters. The molecule has 0 aromatic heterocycles. The van der Waals surface area contributed by atoms with Crippen molar-refractivity contribution in [3.63, 3.8) is 0 Å². The summed E-state index contributed by atoms with van der Waals surface area (Å²) in [5.74, 6) is -1.28. The third-order valence-electron chi connectivity index (χ3n) is 1.37. The summed E-state index contributed by atoms with van der Waals surface area (Å²) in [6.07, 6.45) is 0.262. The second kappa shape index (κ2) is 4.09. The van der Waals surface area contributed by atoms with Crippen molar-refractivity contribution < 1.29 is 14.3 Å². The Kier molecular flexibility index (Phi) is 3.45. The van der Waals surface area contributed by atoms with Crippen LogP contribution in [-0.4, -0.2) is 18.4 Å². The fourth-order valence-electron chi connectivity index (χ4n) is 0.553. The average Bonchev–Trinajstić information content (AvgIpc) is 2.07. The first kappa shape index (κ1) is 10.1. The number of rotatable bonds is 4. The van der Waals surface area contributed by atoms with E-state index in [0.29, 0.717) is 0 Å². The van der Waals surface area contributed by atoms with E-state index in [1.165, 1.54) is 6.92 Å². The van der Waals surface area contributed by atoms with Crippen molar-refractivity contribution in [3.8, 4) is 12.1 Å². The zero-order valence-electron chi connectivity index (χ0n) is 6.35. The highest BCUT2D eigenvalue weighted by molar-refractivity contribution is 5.66. The van der Waals surface area contributed by atoms with E-state index in [9.17, 15) is 9.59 Å². The van der Waals surface area contributed by atoms with Crippen molar-refractivity contribution >= 4 is 12.8 Å². The summed E-state index contributed by atoms with van der Waals surface area (Å²) in [6, 6.07) is 3.10. The Morgan fingerprint density at radius 1 is 1.42 bits per heavy atom. The smallest absolute Gasteiger partial charge is 0.294 e. The standard InChI is InChI=1S/C7H6N2O3/c1-7(4-10,12-5-11)6(2-8)3-9/h4-6H,1H3. The van der Waals surface area contributed by atoms with Gasteiger partial charge in [0.15, 0.2) is 17.8 Å². The molecular weight excluding hydrogens is 160 g/mol. The lowest BCUT2D eigenvalue weighted by Gasteiger charge is -2.20. The number of nitriles is 2. The van der Waals surface area contributed by atoms with Gasteiger partial charge in [0.05, 0.1) is 12.1 Å². The molecule has 0 radical (unpaired) electrons. The van der Waals surface area contributed by atoms with E-state index in [4.69, 9.17) is 10.5 Å². The molecule has 0 bridgehead atoms. The van der Waals surface area contributed by atoms with Crippen molar-refractivity contribution in [2.75, 3.05) is 0 Å². The molecule has 5 heteroatoms. The van der Waals surface area contributed by atoms with Crippen LogP contribution in [0.1, 0.15) is 6.92 Å². The summed E-state index contributed by atoms with van der Waals surface area (Å²) >= 11 is 0. The van der Waals surface area contributed by atoms with E-state index < -0.39 is 11.5 Å². The first-order valence-electron chi connectivity index (χ1n) is 3.01. The maximum atomic E-state index is 10.4. The lowest BCUT2D eigenvalue weighted by atomic mass is 9.93. The molecule has 0 saturated heterocycles. The molecule has 0 amide bonds. The molecule has 0 aromatic carbocycles. The van der Waals surface area contributed by atoms with Crippen molar-refractivity contribution in [2.24, 2.45) is 5.92 Å². The molecule has 0 saturated carbocycles. The Balaban J connectivity index is 4.75. The van der Waals surface area contributed by atoms with Gasteiger partial charge >= 0.3 is 0 Å². The molecule has 12 heavy (non-hydrogen) atoms. The molecule has 62 valence electrons. The largest absolute Gasteiger partial charge is 0.451 e. The molecule has 0 aliphatic rings. The predicted octanol–water partition coefficient (Wildman–Crippen LogP) is -0.220. The number of hydrogen-bond acceptors (Lipinski definition) is 5. The molecule has 1 unspecified atom stereocenters. The lowest BCUT2D eigenvalue weighted by Crippen LogP contribution is -2.37. The Morgan fingerprint density at radius 3 is 2.17 bits per heavy atom. The van der Waals surface area contributed by atoms with E-state index in [1.807, 2.05) is 0 Å². The van der Waals surface area contributed by atoms with E-state index in [1.54, 1.807) is 12.1 Å². The van der Waals surface area contributed by atoms with E-state index in [-0.39, 0.29) is 12.8 Å². The second-order valence-corrected chi connectivity index (χ2v) is 2.21. The van der Waals surface area contributed by atoms with Gasteiger partial charge in [0.2, 0.25) is 0 Å². The summed E-state index contributed by atoms with van der Waals surface area (Å²) in [7, 11) is 0. The number of aldehydes is 1. The van der Waals surface area contributed by atoms with Crippen LogP contribution in [0.15, 0.2) is 0 Å². The molecule has 0 rings (SSSR count). The predicted molar refractivity (Wildman–Crippen MR) is 36.3 cm³/mol. The van der Waals surface area contributed by atoms with Gasteiger partial charge in [-0.25, -0.2) is 0 Å². The second-order valence-electron chi connectivity index (χ2n) is 2.21. The molecule has 0 N–H and O–H groups in total. The summed E-state index contributed by atoms with van der Waals surface area (Å²) < 4.78 is 4.33. The van der Waals surface area contributed by atoms with E-state index >= 15 is 0 Å². The minimum absolute atomic E-state index is 0.0378. The zero-order valence-corrected chi connectivity index (χ0v) is 6.35. The number of hydrogen-bond donors (Lipinski definition) is 0. The highest BCUT2D eigenvalue weighted by Gasteiger charge is 2.36. The van der Waals surface area contributed by atoms with Crippen LogP contribution in [-0.2, 0) is 14.3 Å². The van der Waals surface area contributed by atoms with Crippen LogP contribution in [0.4, 0.5) is 0 Å². The first-order valence-corrected chi connectivity index (χ1v) is 3.01. The Labute approximate surface area is 69.2 Å². The third kappa shape index (κ3) is 1.80. The van der Waals surface area contributed by atoms with Crippen molar-refractivity contribution in [1.29, 1.82) is 10.5 Å². The minimum atomic E-state index is -1.66. The normalized spacial score (nSPS) is 13.7. The summed E-state index contributed by atoms with van der Waals surface area (Å²) in [4.78, 5) is 20.3. The number of carbonyl (C=O) groups is 2. The van der Waals surface area contributed by atoms with Crippen LogP contribution in [0.5, 0.6) is 0 Å². The zero-order chi connectivity index (χ0) is 9.61. The highest BCUT2D eigenvalue weighted by Crippen LogP contribution is 2.17. The monoisotopic (exact) mass is 166 g/mol. The summed E-state index contributed by atoms with van der Waals surface area (Å²) in [6.45, 7) is 1.24. The van der Waals surface area contributed by atoms with E-state index in [0.717, 1.165) is 0 Å². The van der Waals surface area contributed by atoms with Gasteiger partial charge in [0.25, 0.3) is 6.47 Å². The van der Waals surface area contributed by atoms with Crippen molar-refractivity contribution in [1.82, 2.24) is 0 Å². The van der Waals surface area contributed by atoms with Crippen LogP contribution in [0.3, 0.4) is 0 Å². The van der Waals surface area contributed by atoms with E-state index in [2.05, 4.69) is 4.74 Å². The van der Waals surface area contributed by atoms with Crippen LogP contribution in [0.25, 0.3) is 0 Å². The number of ether oxygens (including phenoxy) is 1. The summed E-state index contributed by atoms with van der Waals surface area (Å²) in [5.41, 5.74) is -1.66. The molecule has 5 nitrogen and oxygen atoms in total. The highest BCUT2D eigenvalue weighted by atomic mass is 16.5. The molecule has 0 aliphatic heterocycles. The minimum Gasteiger partial charge on any atom is -0.451 e. The maximum Gasteiger partial charge on any atom is 0.294 e. The van der Waals surface area contributed by atoms with Gasteiger partial charge in [0.1, 0.15) is 0 Å². The Hall–Kier alpha value is -1.88. The summed E-state index contributed by atoms with van der Waals surface area (Å²) in [5, 5.41) is 16.8. The molecule has 0 heterocycles. The van der Waals surface area contributed by atoms with Gasteiger partial charge in [-0.05, 0) is 6.92 Å². The molecule has 0 aliphatic carbocycles. The van der Waals surface area contributed by atoms with Gasteiger partial charge in [0, 0.05) is 0 Å². The van der Waals surface area contributed by atoms with Crippen molar-refractivity contribution in [2.45, 2.75) is 12.5 Å². The average molecular weight is 166 g/mol. The topological polar surface area (TPSA) is 90.9 Å². The van der Waals surface area contributed by atoms with Gasteiger partial charge in [-0.3, -0.25) is 9.59 Å². The Morgan fingerprint density at radius 2 is 1.92 bits per heavy atom. The van der Waals surface area contributed by atoms with Crippen LogP contribution in [0.2, 0.25) is 0 Å². The fraction of sp³-hybridized carbons (Fsp3) is 0.429. The first-order chi connectivity index (χ1) is 5.64. The van der Waals surface area contributed by atoms with Gasteiger partial charge in [-0.15, -0.1) is 0 Å². The van der Waals surface area contributed by atoms with Crippen LogP contribution < -0.4 is 0 Å². The van der Waals surface area contributed by atoms with Gasteiger partial charge < -0.3 is 4.74 Å². The quantitative estimate of drug-likeness (QED) is 0.538. The van der Waals surface area contributed by atoms with Gasteiger partial charge in [-0.1, -0.05) is 0 Å². The van der Waals surface area contributed by atoms with Crippen molar-refractivity contribution in [3.05, 3.63) is 0 Å². The maximum absolute atomic E-state index is 10.4. The SMILES string of the molecule is CC(C=O)(OC=O)C(C#N)C#N.